The molecule has 1 atom stereocenters. The van der Waals surface area contributed by atoms with Crippen LogP contribution in [0.2, 0.25) is 0 Å². The Labute approximate surface area is 125 Å². The summed E-state index contributed by atoms with van der Waals surface area (Å²) in [6, 6.07) is 5.91. The molecule has 1 heterocycles. The normalized spacial score (nSPS) is 12.2. The van der Waals surface area contributed by atoms with E-state index in [4.69, 9.17) is 15.2 Å². The van der Waals surface area contributed by atoms with Crippen molar-refractivity contribution in [3.63, 3.8) is 0 Å². The van der Waals surface area contributed by atoms with Crippen LogP contribution in [0.1, 0.15) is 37.0 Å². The van der Waals surface area contributed by atoms with E-state index in [1.54, 1.807) is 14.2 Å². The maximum absolute atomic E-state index is 5.98. The highest BCUT2D eigenvalue weighted by molar-refractivity contribution is 5.43. The highest BCUT2D eigenvalue weighted by Crippen LogP contribution is 2.28. The number of benzene rings is 1. The largest absolute Gasteiger partial charge is 0.493 e. The Morgan fingerprint density at radius 1 is 1.24 bits per heavy atom. The van der Waals surface area contributed by atoms with E-state index in [-0.39, 0.29) is 6.04 Å². The van der Waals surface area contributed by atoms with Gasteiger partial charge in [0.05, 0.1) is 26.1 Å². The second-order valence-electron chi connectivity index (χ2n) is 5.00. The first kappa shape index (κ1) is 15.4. The lowest BCUT2D eigenvalue weighted by Gasteiger charge is -2.13. The van der Waals surface area contributed by atoms with Gasteiger partial charge in [-0.25, -0.2) is 4.98 Å². The van der Waals surface area contributed by atoms with Crippen LogP contribution in [-0.4, -0.2) is 23.8 Å². The van der Waals surface area contributed by atoms with Gasteiger partial charge in [-0.3, -0.25) is 0 Å². The number of hydrogen-bond donors (Lipinski definition) is 1. The monoisotopic (exact) mass is 289 g/mol. The molecule has 2 N–H and O–H groups in total. The molecule has 1 aromatic heterocycles. The van der Waals surface area contributed by atoms with Gasteiger partial charge in [-0.1, -0.05) is 6.07 Å². The van der Waals surface area contributed by atoms with Gasteiger partial charge in [0.2, 0.25) is 0 Å². The van der Waals surface area contributed by atoms with Crippen molar-refractivity contribution in [3.05, 3.63) is 41.5 Å². The molecule has 0 bridgehead atoms. The summed E-state index contributed by atoms with van der Waals surface area (Å²) in [6.45, 7) is 4.94. The molecular weight excluding hydrogens is 266 g/mol. The number of nitrogens with zero attached hydrogens (tertiary/aromatic N) is 2. The molecule has 0 aliphatic heterocycles. The lowest BCUT2D eigenvalue weighted by Crippen LogP contribution is -2.13. The quantitative estimate of drug-likeness (QED) is 0.887. The van der Waals surface area contributed by atoms with Gasteiger partial charge in [0, 0.05) is 19.0 Å². The van der Waals surface area contributed by atoms with Crippen molar-refractivity contribution in [2.24, 2.45) is 5.73 Å². The average molecular weight is 289 g/mol. The molecule has 5 nitrogen and oxygen atoms in total. The summed E-state index contributed by atoms with van der Waals surface area (Å²) in [7, 11) is 3.28. The summed E-state index contributed by atoms with van der Waals surface area (Å²) >= 11 is 0. The van der Waals surface area contributed by atoms with Crippen LogP contribution in [-0.2, 0) is 13.0 Å². The molecule has 1 unspecified atom stereocenters. The van der Waals surface area contributed by atoms with Gasteiger partial charge in [-0.15, -0.1) is 0 Å². The molecule has 21 heavy (non-hydrogen) atoms. The predicted octanol–water partition coefficient (Wildman–Crippen LogP) is 2.53. The lowest BCUT2D eigenvalue weighted by atomic mass is 10.1. The minimum absolute atomic E-state index is 0.0170. The zero-order chi connectivity index (χ0) is 15.4. The summed E-state index contributed by atoms with van der Waals surface area (Å²) in [6.07, 6.45) is 2.60. The number of ether oxygens (including phenoxy) is 2. The fraction of sp³-hybridized carbons (Fsp3) is 0.438. The van der Waals surface area contributed by atoms with E-state index in [2.05, 4.69) is 16.5 Å². The summed E-state index contributed by atoms with van der Waals surface area (Å²) in [5, 5.41) is 0. The van der Waals surface area contributed by atoms with Gasteiger partial charge in [-0.05, 0) is 31.5 Å². The molecule has 0 fully saturated rings. The number of aromatic nitrogens is 2. The van der Waals surface area contributed by atoms with Gasteiger partial charge >= 0.3 is 0 Å². The molecule has 0 saturated carbocycles. The van der Waals surface area contributed by atoms with E-state index < -0.39 is 0 Å². The molecule has 0 radical (unpaired) electrons. The number of nitrogens with two attached hydrogens (primary N) is 1. The van der Waals surface area contributed by atoms with Crippen LogP contribution in [0.15, 0.2) is 24.4 Å². The van der Waals surface area contributed by atoms with Crippen molar-refractivity contribution in [1.29, 1.82) is 0 Å². The second kappa shape index (κ2) is 6.63. The standard InChI is InChI=1S/C16H23N3O2/c1-5-19-13(11(2)17)10-18-16(19)9-12-6-7-14(20-3)15(8-12)21-4/h6-8,10-11H,5,9,17H2,1-4H3. The maximum Gasteiger partial charge on any atom is 0.161 e. The molecule has 114 valence electrons. The van der Waals surface area contributed by atoms with Gasteiger partial charge < -0.3 is 19.8 Å². The van der Waals surface area contributed by atoms with E-state index in [0.29, 0.717) is 0 Å². The van der Waals surface area contributed by atoms with Crippen molar-refractivity contribution in [3.8, 4) is 11.5 Å². The molecule has 2 rings (SSSR count). The SMILES string of the molecule is CCn1c(C(C)N)cnc1Cc1ccc(OC)c(OC)c1. The van der Waals surface area contributed by atoms with E-state index in [1.807, 2.05) is 31.3 Å². The predicted molar refractivity (Wildman–Crippen MR) is 82.9 cm³/mol. The molecule has 2 aromatic rings. The van der Waals surface area contributed by atoms with Crippen LogP contribution in [0.25, 0.3) is 0 Å². The number of rotatable bonds is 6. The van der Waals surface area contributed by atoms with Crippen LogP contribution in [0.3, 0.4) is 0 Å². The topological polar surface area (TPSA) is 62.3 Å². The van der Waals surface area contributed by atoms with Crippen LogP contribution in [0.4, 0.5) is 0 Å². The Hall–Kier alpha value is -2.01. The highest BCUT2D eigenvalue weighted by atomic mass is 16.5. The summed E-state index contributed by atoms with van der Waals surface area (Å²) in [5.74, 6) is 2.48. The maximum atomic E-state index is 5.98. The molecular formula is C16H23N3O2. The zero-order valence-corrected chi connectivity index (χ0v) is 13.1. The molecule has 0 amide bonds. The molecule has 1 aromatic carbocycles. The lowest BCUT2D eigenvalue weighted by molar-refractivity contribution is 0.354. The third-order valence-electron chi connectivity index (χ3n) is 3.56. The van der Waals surface area contributed by atoms with Crippen LogP contribution < -0.4 is 15.2 Å². The molecule has 0 aliphatic rings. The van der Waals surface area contributed by atoms with Crippen LogP contribution in [0.5, 0.6) is 11.5 Å². The Balaban J connectivity index is 2.30. The van der Waals surface area contributed by atoms with Gasteiger partial charge in [0.1, 0.15) is 5.82 Å². The molecule has 0 aliphatic carbocycles. The molecule has 0 saturated heterocycles. The Morgan fingerprint density at radius 3 is 2.52 bits per heavy atom. The smallest absolute Gasteiger partial charge is 0.161 e. The fourth-order valence-electron chi connectivity index (χ4n) is 2.47. The third-order valence-corrected chi connectivity index (χ3v) is 3.56. The molecule has 0 spiro atoms. The first-order valence-electron chi connectivity index (χ1n) is 7.11. The number of imidazole rings is 1. The highest BCUT2D eigenvalue weighted by Gasteiger charge is 2.13. The van der Waals surface area contributed by atoms with E-state index >= 15 is 0 Å². The summed E-state index contributed by atoms with van der Waals surface area (Å²) in [4.78, 5) is 4.51. The second-order valence-corrected chi connectivity index (χ2v) is 5.00. The van der Waals surface area contributed by atoms with Gasteiger partial charge in [0.15, 0.2) is 11.5 Å². The van der Waals surface area contributed by atoms with E-state index in [0.717, 1.165) is 41.5 Å². The zero-order valence-electron chi connectivity index (χ0n) is 13.1. The van der Waals surface area contributed by atoms with E-state index in [9.17, 15) is 0 Å². The molecule has 5 heteroatoms. The fourth-order valence-corrected chi connectivity index (χ4v) is 2.47. The minimum Gasteiger partial charge on any atom is -0.493 e. The summed E-state index contributed by atoms with van der Waals surface area (Å²) < 4.78 is 12.8. The van der Waals surface area contributed by atoms with Gasteiger partial charge in [0.25, 0.3) is 0 Å². The van der Waals surface area contributed by atoms with E-state index in [1.165, 1.54) is 0 Å². The van der Waals surface area contributed by atoms with Crippen LogP contribution >= 0.6 is 0 Å². The van der Waals surface area contributed by atoms with Gasteiger partial charge in [-0.2, -0.15) is 0 Å². The average Bonchev–Trinajstić information content (AvgIpc) is 2.89. The first-order valence-corrected chi connectivity index (χ1v) is 7.11. The van der Waals surface area contributed by atoms with Crippen molar-refractivity contribution in [2.75, 3.05) is 14.2 Å². The third kappa shape index (κ3) is 3.19. The first-order chi connectivity index (χ1) is 10.1. The Bertz CT molecular complexity index is 606. The van der Waals surface area contributed by atoms with Crippen LogP contribution in [0, 0.1) is 0 Å². The van der Waals surface area contributed by atoms with Crippen molar-refractivity contribution >= 4 is 0 Å². The minimum atomic E-state index is -0.0170. The summed E-state index contributed by atoms with van der Waals surface area (Å²) in [5.41, 5.74) is 8.17. The number of methoxy groups -OCH3 is 2. The Morgan fingerprint density at radius 2 is 1.95 bits per heavy atom. The Kier molecular flexibility index (Phi) is 4.85. The van der Waals surface area contributed by atoms with Crippen molar-refractivity contribution in [2.45, 2.75) is 32.9 Å². The van der Waals surface area contributed by atoms with Crippen molar-refractivity contribution in [1.82, 2.24) is 9.55 Å². The van der Waals surface area contributed by atoms with Crippen molar-refractivity contribution < 1.29 is 9.47 Å². The number of hydrogen-bond acceptors (Lipinski definition) is 4.